The fraction of sp³-hybridized carbons (Fsp3) is 0.333. The maximum Gasteiger partial charge on any atom is 0.414 e. The monoisotopic (exact) mass is 431 g/mol. The van der Waals surface area contributed by atoms with Crippen LogP contribution in [0.25, 0.3) is 11.1 Å². The number of amides is 2. The van der Waals surface area contributed by atoms with E-state index in [1.54, 1.807) is 49.1 Å². The summed E-state index contributed by atoms with van der Waals surface area (Å²) in [6.45, 7) is 7.15. The summed E-state index contributed by atoms with van der Waals surface area (Å²) in [6, 6.07) is 11.3. The fourth-order valence-corrected chi connectivity index (χ4v) is 4.13. The summed E-state index contributed by atoms with van der Waals surface area (Å²) in [5.74, 6) is -0.135. The third-order valence-corrected chi connectivity index (χ3v) is 5.72. The van der Waals surface area contributed by atoms with Crippen LogP contribution in [0.1, 0.15) is 27.7 Å². The lowest BCUT2D eigenvalue weighted by Gasteiger charge is -2.40. The molecule has 160 valence electrons. The maximum atomic E-state index is 12.7. The molecule has 0 radical (unpaired) electrons. The van der Waals surface area contributed by atoms with Crippen LogP contribution in [0.2, 0.25) is 0 Å². The maximum absolute atomic E-state index is 12.7. The summed E-state index contributed by atoms with van der Waals surface area (Å²) in [5.41, 5.74) is 2.41. The SMILES string of the molecule is CC(=O)N1c2ccc(-c3cccc(S(N)(=O)=O)c3)cc2N(C(=O)OC(C)C)CC1C. The zero-order valence-electron chi connectivity index (χ0n) is 17.3. The summed E-state index contributed by atoms with van der Waals surface area (Å²) < 4.78 is 28.8. The Morgan fingerprint density at radius 1 is 1.10 bits per heavy atom. The number of carbonyl (C=O) groups is 2. The molecule has 1 aliphatic rings. The predicted octanol–water partition coefficient (Wildman–Crippen LogP) is 3.11. The van der Waals surface area contributed by atoms with Crippen LogP contribution in [0.5, 0.6) is 0 Å². The van der Waals surface area contributed by atoms with E-state index in [4.69, 9.17) is 9.88 Å². The van der Waals surface area contributed by atoms with Crippen molar-refractivity contribution in [2.45, 2.75) is 44.7 Å². The van der Waals surface area contributed by atoms with E-state index >= 15 is 0 Å². The summed E-state index contributed by atoms with van der Waals surface area (Å²) in [4.78, 5) is 28.1. The quantitative estimate of drug-likeness (QED) is 0.803. The third-order valence-electron chi connectivity index (χ3n) is 4.81. The highest BCUT2D eigenvalue weighted by Gasteiger charge is 2.34. The van der Waals surface area contributed by atoms with Crippen LogP contribution in [-0.4, -0.2) is 39.1 Å². The van der Waals surface area contributed by atoms with Gasteiger partial charge in [-0.3, -0.25) is 9.69 Å². The molecule has 2 aromatic rings. The van der Waals surface area contributed by atoms with Gasteiger partial charge < -0.3 is 9.64 Å². The van der Waals surface area contributed by atoms with Crippen LogP contribution in [0.15, 0.2) is 47.4 Å². The lowest BCUT2D eigenvalue weighted by atomic mass is 10.0. The largest absolute Gasteiger partial charge is 0.446 e. The third kappa shape index (κ3) is 4.31. The van der Waals surface area contributed by atoms with Crippen molar-refractivity contribution in [2.75, 3.05) is 16.3 Å². The van der Waals surface area contributed by atoms with E-state index in [2.05, 4.69) is 0 Å². The standard InChI is InChI=1S/C21H25N3O5S/c1-13(2)29-21(26)23-12-14(3)24(15(4)25)19-9-8-17(11-20(19)23)16-6-5-7-18(10-16)30(22,27)28/h5-11,13-14H,12H2,1-4H3,(H2,22,27,28). The van der Waals surface area contributed by atoms with Gasteiger partial charge >= 0.3 is 6.09 Å². The second kappa shape index (κ2) is 8.08. The van der Waals surface area contributed by atoms with Crippen molar-refractivity contribution in [1.82, 2.24) is 0 Å². The minimum atomic E-state index is -3.85. The lowest BCUT2D eigenvalue weighted by molar-refractivity contribution is -0.117. The molecule has 0 aliphatic carbocycles. The first-order chi connectivity index (χ1) is 14.0. The van der Waals surface area contributed by atoms with E-state index in [9.17, 15) is 18.0 Å². The van der Waals surface area contributed by atoms with Gasteiger partial charge in [0.2, 0.25) is 15.9 Å². The van der Waals surface area contributed by atoms with Gasteiger partial charge in [0.25, 0.3) is 0 Å². The zero-order chi connectivity index (χ0) is 22.2. The number of ether oxygens (including phenoxy) is 1. The number of anilines is 2. The van der Waals surface area contributed by atoms with Crippen LogP contribution in [0.4, 0.5) is 16.2 Å². The van der Waals surface area contributed by atoms with Gasteiger partial charge in [0.05, 0.1) is 28.4 Å². The first-order valence-electron chi connectivity index (χ1n) is 9.54. The summed E-state index contributed by atoms with van der Waals surface area (Å²) in [6.07, 6.45) is -0.798. The fourth-order valence-electron chi connectivity index (χ4n) is 3.58. The molecule has 3 rings (SSSR count). The second-order valence-corrected chi connectivity index (χ2v) is 9.12. The lowest BCUT2D eigenvalue weighted by Crippen LogP contribution is -2.51. The average Bonchev–Trinajstić information content (AvgIpc) is 2.65. The number of fused-ring (bicyclic) bond motifs is 1. The summed E-state index contributed by atoms with van der Waals surface area (Å²) >= 11 is 0. The van der Waals surface area contributed by atoms with E-state index in [1.165, 1.54) is 24.0 Å². The van der Waals surface area contributed by atoms with Crippen LogP contribution < -0.4 is 14.9 Å². The van der Waals surface area contributed by atoms with Crippen molar-refractivity contribution in [3.8, 4) is 11.1 Å². The van der Waals surface area contributed by atoms with Crippen molar-refractivity contribution in [1.29, 1.82) is 0 Å². The number of hydrogen-bond donors (Lipinski definition) is 1. The Kier molecular flexibility index (Phi) is 5.87. The normalized spacial score (nSPS) is 16.4. The molecule has 1 atom stereocenters. The summed E-state index contributed by atoms with van der Waals surface area (Å²) in [5, 5.41) is 5.25. The molecule has 0 saturated carbocycles. The van der Waals surface area contributed by atoms with Gasteiger partial charge in [-0.1, -0.05) is 18.2 Å². The van der Waals surface area contributed by atoms with Crippen LogP contribution in [0.3, 0.4) is 0 Å². The molecule has 0 aromatic heterocycles. The van der Waals surface area contributed by atoms with Gasteiger partial charge in [-0.25, -0.2) is 18.4 Å². The molecule has 30 heavy (non-hydrogen) atoms. The van der Waals surface area contributed by atoms with Crippen molar-refractivity contribution in [2.24, 2.45) is 5.14 Å². The molecular formula is C21H25N3O5S. The number of benzene rings is 2. The van der Waals surface area contributed by atoms with Crippen molar-refractivity contribution >= 4 is 33.4 Å². The zero-order valence-corrected chi connectivity index (χ0v) is 18.1. The molecule has 0 fully saturated rings. The number of sulfonamides is 1. The Balaban J connectivity index is 2.14. The van der Waals surface area contributed by atoms with E-state index in [0.29, 0.717) is 22.5 Å². The number of primary sulfonamides is 1. The summed E-state index contributed by atoms with van der Waals surface area (Å²) in [7, 11) is -3.85. The predicted molar refractivity (Wildman–Crippen MR) is 115 cm³/mol. The number of nitrogens with zero attached hydrogens (tertiary/aromatic N) is 2. The van der Waals surface area contributed by atoms with Gasteiger partial charge in [0.1, 0.15) is 0 Å². The van der Waals surface area contributed by atoms with Crippen LogP contribution >= 0.6 is 0 Å². The van der Waals surface area contributed by atoms with Gasteiger partial charge in [0, 0.05) is 13.5 Å². The average molecular weight is 432 g/mol. The van der Waals surface area contributed by atoms with Gasteiger partial charge in [-0.2, -0.15) is 0 Å². The van der Waals surface area contributed by atoms with E-state index in [1.807, 2.05) is 6.92 Å². The molecule has 0 spiro atoms. The highest BCUT2D eigenvalue weighted by Crippen LogP contribution is 2.39. The Morgan fingerprint density at radius 3 is 2.37 bits per heavy atom. The van der Waals surface area contributed by atoms with Crippen LogP contribution in [-0.2, 0) is 19.6 Å². The number of hydrogen-bond acceptors (Lipinski definition) is 5. The molecule has 1 heterocycles. The van der Waals surface area contributed by atoms with E-state index in [0.717, 1.165) is 0 Å². The molecule has 1 unspecified atom stereocenters. The topological polar surface area (TPSA) is 110 Å². The minimum absolute atomic E-state index is 0.00669. The molecule has 8 nitrogen and oxygen atoms in total. The van der Waals surface area contributed by atoms with E-state index in [-0.39, 0.29) is 29.5 Å². The molecule has 9 heteroatoms. The first kappa shape index (κ1) is 21.8. The Labute approximate surface area is 176 Å². The molecule has 0 bridgehead atoms. The van der Waals surface area contributed by atoms with Gasteiger partial charge in [-0.15, -0.1) is 0 Å². The molecule has 2 amide bonds. The Hall–Kier alpha value is -2.91. The van der Waals surface area contributed by atoms with Crippen molar-refractivity contribution < 1.29 is 22.7 Å². The Morgan fingerprint density at radius 2 is 1.77 bits per heavy atom. The van der Waals surface area contributed by atoms with E-state index < -0.39 is 16.1 Å². The molecule has 0 saturated heterocycles. The van der Waals surface area contributed by atoms with Gasteiger partial charge in [-0.05, 0) is 56.2 Å². The number of carbonyl (C=O) groups excluding carboxylic acids is 2. The number of nitrogens with two attached hydrogens (primary N) is 1. The minimum Gasteiger partial charge on any atom is -0.446 e. The highest BCUT2D eigenvalue weighted by atomic mass is 32.2. The van der Waals surface area contributed by atoms with Crippen molar-refractivity contribution in [3.63, 3.8) is 0 Å². The first-order valence-corrected chi connectivity index (χ1v) is 11.1. The van der Waals surface area contributed by atoms with Gasteiger partial charge in [0.15, 0.2) is 0 Å². The molecule has 1 aliphatic heterocycles. The number of rotatable bonds is 3. The highest BCUT2D eigenvalue weighted by molar-refractivity contribution is 7.89. The van der Waals surface area contributed by atoms with Crippen LogP contribution in [0, 0.1) is 0 Å². The smallest absolute Gasteiger partial charge is 0.414 e. The molecule has 2 N–H and O–H groups in total. The second-order valence-electron chi connectivity index (χ2n) is 7.56. The van der Waals surface area contributed by atoms with Crippen molar-refractivity contribution in [3.05, 3.63) is 42.5 Å². The Bertz CT molecular complexity index is 1100. The molecular weight excluding hydrogens is 406 g/mol. The molecule has 2 aromatic carbocycles.